The number of nitrogens with zero attached hydrogens (tertiary/aromatic N) is 5. The third-order valence-corrected chi connectivity index (χ3v) is 5.63. The van der Waals surface area contributed by atoms with Crippen LogP contribution in [0, 0.1) is 0 Å². The molecule has 0 spiro atoms. The van der Waals surface area contributed by atoms with Crippen molar-refractivity contribution in [3.63, 3.8) is 0 Å². The molecule has 4 rings (SSSR count). The summed E-state index contributed by atoms with van der Waals surface area (Å²) < 4.78 is 38.6. The van der Waals surface area contributed by atoms with Crippen molar-refractivity contribution >= 4 is 17.5 Å². The molecule has 0 aliphatic carbocycles. The third-order valence-electron chi connectivity index (χ3n) is 5.63. The fraction of sp³-hybridized carbons (Fsp3) is 0.476. The molecule has 1 amide bonds. The number of benzene rings is 1. The minimum absolute atomic E-state index is 0.0335. The standard InChI is InChI=1S/C21H24F3N5O/c22-21(23,24)17-5-3-4-16(14-17)15-20(30)29-12-10-28(11-13-29)19-7-6-18(25-26-19)27-8-1-2-9-27/h3-7,14H,1-2,8-13,15H2. The maximum absolute atomic E-state index is 12.9. The molecule has 2 aromatic rings. The van der Waals surface area contributed by atoms with Gasteiger partial charge in [-0.25, -0.2) is 0 Å². The molecule has 1 aromatic heterocycles. The number of carbonyl (C=O) groups excluding carboxylic acids is 1. The number of amides is 1. The van der Waals surface area contributed by atoms with Gasteiger partial charge >= 0.3 is 6.18 Å². The number of carbonyl (C=O) groups is 1. The summed E-state index contributed by atoms with van der Waals surface area (Å²) in [4.78, 5) is 18.6. The van der Waals surface area contributed by atoms with Gasteiger partial charge in [0.25, 0.3) is 0 Å². The summed E-state index contributed by atoms with van der Waals surface area (Å²) in [6.07, 6.45) is -2.08. The summed E-state index contributed by atoms with van der Waals surface area (Å²) in [5.74, 6) is 1.51. The molecule has 0 unspecified atom stereocenters. The monoisotopic (exact) mass is 419 g/mol. The Bertz CT molecular complexity index is 873. The van der Waals surface area contributed by atoms with E-state index < -0.39 is 11.7 Å². The van der Waals surface area contributed by atoms with E-state index >= 15 is 0 Å². The minimum Gasteiger partial charge on any atom is -0.355 e. The van der Waals surface area contributed by atoms with Crippen molar-refractivity contribution in [2.75, 3.05) is 49.1 Å². The fourth-order valence-electron chi connectivity index (χ4n) is 3.93. The van der Waals surface area contributed by atoms with Crippen LogP contribution in [0.15, 0.2) is 36.4 Å². The van der Waals surface area contributed by atoms with Gasteiger partial charge in [0.1, 0.15) is 0 Å². The lowest BCUT2D eigenvalue weighted by Crippen LogP contribution is -2.49. The van der Waals surface area contributed by atoms with Crippen LogP contribution < -0.4 is 9.80 Å². The first-order chi connectivity index (χ1) is 14.4. The normalized spacial score (nSPS) is 17.5. The Morgan fingerprint density at radius 2 is 1.47 bits per heavy atom. The van der Waals surface area contributed by atoms with E-state index in [-0.39, 0.29) is 12.3 Å². The van der Waals surface area contributed by atoms with Crippen molar-refractivity contribution in [3.8, 4) is 0 Å². The molecule has 0 atom stereocenters. The summed E-state index contributed by atoms with van der Waals surface area (Å²) in [5, 5.41) is 8.68. The topological polar surface area (TPSA) is 52.6 Å². The number of hydrogen-bond donors (Lipinski definition) is 0. The van der Waals surface area contributed by atoms with Gasteiger partial charge in [0.15, 0.2) is 11.6 Å². The van der Waals surface area contributed by atoms with Crippen LogP contribution in [0.2, 0.25) is 0 Å². The average Bonchev–Trinajstić information content (AvgIpc) is 3.28. The Morgan fingerprint density at radius 3 is 2.03 bits per heavy atom. The summed E-state index contributed by atoms with van der Waals surface area (Å²) in [5.41, 5.74) is -0.353. The zero-order chi connectivity index (χ0) is 21.1. The second kappa shape index (κ2) is 8.49. The summed E-state index contributed by atoms with van der Waals surface area (Å²) in [6, 6.07) is 8.91. The number of piperazine rings is 1. The molecule has 9 heteroatoms. The van der Waals surface area contributed by atoms with E-state index in [0.717, 1.165) is 36.9 Å². The van der Waals surface area contributed by atoms with Crippen LogP contribution in [0.3, 0.4) is 0 Å². The van der Waals surface area contributed by atoms with Crippen molar-refractivity contribution in [1.29, 1.82) is 0 Å². The van der Waals surface area contributed by atoms with Gasteiger partial charge in [-0.15, -0.1) is 10.2 Å². The Kier molecular flexibility index (Phi) is 5.78. The minimum atomic E-state index is -4.41. The molecule has 2 saturated heterocycles. The highest BCUT2D eigenvalue weighted by Crippen LogP contribution is 2.29. The Balaban J connectivity index is 1.31. The average molecular weight is 419 g/mol. The second-order valence-corrected chi connectivity index (χ2v) is 7.69. The van der Waals surface area contributed by atoms with Gasteiger partial charge in [0.05, 0.1) is 12.0 Å². The second-order valence-electron chi connectivity index (χ2n) is 7.69. The van der Waals surface area contributed by atoms with Gasteiger partial charge in [-0.05, 0) is 36.6 Å². The van der Waals surface area contributed by atoms with E-state index in [1.165, 1.54) is 18.9 Å². The molecule has 30 heavy (non-hydrogen) atoms. The van der Waals surface area contributed by atoms with Crippen LogP contribution in [-0.4, -0.2) is 60.3 Å². The van der Waals surface area contributed by atoms with Gasteiger partial charge in [-0.3, -0.25) is 4.79 Å². The third kappa shape index (κ3) is 4.66. The smallest absolute Gasteiger partial charge is 0.355 e. The summed E-state index contributed by atoms with van der Waals surface area (Å²) >= 11 is 0. The zero-order valence-electron chi connectivity index (χ0n) is 16.6. The lowest BCUT2D eigenvalue weighted by Gasteiger charge is -2.35. The number of hydrogen-bond acceptors (Lipinski definition) is 5. The van der Waals surface area contributed by atoms with Crippen molar-refractivity contribution in [1.82, 2.24) is 15.1 Å². The van der Waals surface area contributed by atoms with Gasteiger partial charge in [0, 0.05) is 39.3 Å². The van der Waals surface area contributed by atoms with Crippen LogP contribution in [0.25, 0.3) is 0 Å². The first kappa shape index (κ1) is 20.4. The number of alkyl halides is 3. The van der Waals surface area contributed by atoms with Gasteiger partial charge in [-0.1, -0.05) is 18.2 Å². The molecular weight excluding hydrogens is 395 g/mol. The van der Waals surface area contributed by atoms with Crippen molar-refractivity contribution in [2.45, 2.75) is 25.4 Å². The van der Waals surface area contributed by atoms with E-state index in [2.05, 4.69) is 20.0 Å². The summed E-state index contributed by atoms with van der Waals surface area (Å²) in [6.45, 7) is 4.28. The van der Waals surface area contributed by atoms with Crippen LogP contribution in [-0.2, 0) is 17.4 Å². The predicted molar refractivity (Wildman–Crippen MR) is 107 cm³/mol. The predicted octanol–water partition coefficient (Wildman–Crippen LogP) is 2.99. The highest BCUT2D eigenvalue weighted by atomic mass is 19.4. The van der Waals surface area contributed by atoms with Gasteiger partial charge < -0.3 is 14.7 Å². The van der Waals surface area contributed by atoms with E-state index in [1.807, 2.05) is 12.1 Å². The molecule has 1 aromatic carbocycles. The molecule has 0 saturated carbocycles. The highest BCUT2D eigenvalue weighted by Gasteiger charge is 2.31. The maximum Gasteiger partial charge on any atom is 0.416 e. The molecule has 6 nitrogen and oxygen atoms in total. The number of anilines is 2. The lowest BCUT2D eigenvalue weighted by molar-refractivity contribution is -0.138. The molecule has 0 N–H and O–H groups in total. The maximum atomic E-state index is 12.9. The molecule has 2 aliphatic heterocycles. The SMILES string of the molecule is O=C(Cc1cccc(C(F)(F)F)c1)N1CCN(c2ccc(N3CCCC3)nn2)CC1. The summed E-state index contributed by atoms with van der Waals surface area (Å²) in [7, 11) is 0. The van der Waals surface area contributed by atoms with E-state index in [1.54, 1.807) is 11.0 Å². The molecule has 0 radical (unpaired) electrons. The van der Waals surface area contributed by atoms with Gasteiger partial charge in [0.2, 0.25) is 5.91 Å². The van der Waals surface area contributed by atoms with Crippen molar-refractivity contribution < 1.29 is 18.0 Å². The van der Waals surface area contributed by atoms with Crippen LogP contribution >= 0.6 is 0 Å². The molecular formula is C21H24F3N5O. The van der Waals surface area contributed by atoms with Crippen molar-refractivity contribution in [3.05, 3.63) is 47.5 Å². The quantitative estimate of drug-likeness (QED) is 0.763. The highest BCUT2D eigenvalue weighted by molar-refractivity contribution is 5.79. The van der Waals surface area contributed by atoms with E-state index in [9.17, 15) is 18.0 Å². The lowest BCUT2D eigenvalue weighted by atomic mass is 10.1. The molecule has 3 heterocycles. The largest absolute Gasteiger partial charge is 0.416 e. The first-order valence-corrected chi connectivity index (χ1v) is 10.2. The fourth-order valence-corrected chi connectivity index (χ4v) is 3.93. The van der Waals surface area contributed by atoms with Crippen LogP contribution in [0.4, 0.5) is 24.8 Å². The Labute approximate surface area is 173 Å². The number of halogens is 3. The zero-order valence-corrected chi connectivity index (χ0v) is 16.6. The number of rotatable bonds is 4. The molecule has 0 bridgehead atoms. The van der Waals surface area contributed by atoms with Crippen molar-refractivity contribution in [2.24, 2.45) is 0 Å². The molecule has 2 fully saturated rings. The Morgan fingerprint density at radius 1 is 0.867 bits per heavy atom. The van der Waals surface area contributed by atoms with Crippen LogP contribution in [0.1, 0.15) is 24.0 Å². The number of aromatic nitrogens is 2. The van der Waals surface area contributed by atoms with E-state index in [0.29, 0.717) is 31.7 Å². The molecule has 160 valence electrons. The van der Waals surface area contributed by atoms with Crippen LogP contribution in [0.5, 0.6) is 0 Å². The first-order valence-electron chi connectivity index (χ1n) is 10.2. The Hall–Kier alpha value is -2.84. The van der Waals surface area contributed by atoms with Gasteiger partial charge in [-0.2, -0.15) is 13.2 Å². The molecule has 2 aliphatic rings. The van der Waals surface area contributed by atoms with E-state index in [4.69, 9.17) is 0 Å².